The molecular weight excluding hydrogens is 503 g/mol. The van der Waals surface area contributed by atoms with E-state index in [-0.39, 0.29) is 41.7 Å². The first-order valence-electron chi connectivity index (χ1n) is 12.3. The highest BCUT2D eigenvalue weighted by Gasteiger charge is 2.44. The number of carbonyl (C=O) groups excluding carboxylic acids is 3. The number of halogens is 2. The number of hydrogen-bond acceptors (Lipinski definition) is 5. The molecular formula is C26H28ClFN4O5. The number of benzene rings is 1. The molecule has 0 radical (unpaired) electrons. The summed E-state index contributed by atoms with van der Waals surface area (Å²) in [4.78, 5) is 58.4. The molecule has 2 atom stereocenters. The second-order valence-corrected chi connectivity index (χ2v) is 9.75. The van der Waals surface area contributed by atoms with Gasteiger partial charge in [-0.2, -0.15) is 0 Å². The van der Waals surface area contributed by atoms with E-state index in [0.29, 0.717) is 0 Å². The Hall–Kier alpha value is -3.53. The van der Waals surface area contributed by atoms with Crippen molar-refractivity contribution in [2.45, 2.75) is 50.7 Å². The summed E-state index contributed by atoms with van der Waals surface area (Å²) in [5, 5.41) is 12.5. The van der Waals surface area contributed by atoms with Crippen LogP contribution in [0.4, 0.5) is 4.39 Å². The molecule has 2 fully saturated rings. The molecule has 2 aromatic rings. The van der Waals surface area contributed by atoms with Crippen LogP contribution in [0, 0.1) is 11.7 Å². The molecule has 196 valence electrons. The number of pyridine rings is 1. The Balaban J connectivity index is 1.64. The van der Waals surface area contributed by atoms with Gasteiger partial charge in [-0.15, -0.1) is 0 Å². The van der Waals surface area contributed by atoms with Crippen molar-refractivity contribution in [1.82, 2.24) is 20.1 Å². The van der Waals surface area contributed by atoms with Gasteiger partial charge in [-0.1, -0.05) is 36.9 Å². The van der Waals surface area contributed by atoms with Gasteiger partial charge in [0.15, 0.2) is 6.17 Å². The average molecular weight is 531 g/mol. The number of carboxylic acid groups (broad SMARTS) is 1. The van der Waals surface area contributed by atoms with E-state index >= 15 is 0 Å². The average Bonchev–Trinajstić information content (AvgIpc) is 3.33. The van der Waals surface area contributed by atoms with Crippen LogP contribution in [-0.4, -0.2) is 68.9 Å². The van der Waals surface area contributed by atoms with Crippen molar-refractivity contribution in [3.8, 4) is 0 Å². The number of amides is 3. The van der Waals surface area contributed by atoms with Crippen molar-refractivity contribution in [2.24, 2.45) is 5.92 Å². The third kappa shape index (κ3) is 6.25. The van der Waals surface area contributed by atoms with E-state index in [1.807, 2.05) is 0 Å². The fraction of sp³-hybridized carbons (Fsp3) is 0.423. The van der Waals surface area contributed by atoms with Gasteiger partial charge < -0.3 is 20.2 Å². The number of carbonyl (C=O) groups is 4. The van der Waals surface area contributed by atoms with Crippen molar-refractivity contribution in [2.75, 3.05) is 13.1 Å². The van der Waals surface area contributed by atoms with E-state index < -0.39 is 41.7 Å². The fourth-order valence-electron chi connectivity index (χ4n) is 5.11. The van der Waals surface area contributed by atoms with Gasteiger partial charge in [-0.05, 0) is 49.1 Å². The second kappa shape index (κ2) is 11.7. The van der Waals surface area contributed by atoms with Gasteiger partial charge in [0.05, 0.1) is 12.0 Å². The summed E-state index contributed by atoms with van der Waals surface area (Å²) in [7, 11) is 0. The molecule has 3 amide bonds. The molecule has 2 N–H and O–H groups in total. The molecule has 1 aromatic carbocycles. The zero-order chi connectivity index (χ0) is 26.5. The van der Waals surface area contributed by atoms with Crippen LogP contribution < -0.4 is 5.32 Å². The monoisotopic (exact) mass is 530 g/mol. The Bertz CT molecular complexity index is 1170. The Kier molecular flexibility index (Phi) is 8.38. The van der Waals surface area contributed by atoms with Gasteiger partial charge in [-0.25, -0.2) is 9.37 Å². The molecule has 1 aromatic heterocycles. The molecule has 1 saturated heterocycles. The maximum Gasteiger partial charge on any atom is 0.305 e. The Morgan fingerprint density at radius 1 is 1.03 bits per heavy atom. The van der Waals surface area contributed by atoms with Gasteiger partial charge in [0, 0.05) is 30.9 Å². The summed E-state index contributed by atoms with van der Waals surface area (Å²) < 4.78 is 13.8. The molecule has 1 aliphatic heterocycles. The lowest BCUT2D eigenvalue weighted by atomic mass is 9.82. The predicted molar refractivity (Wildman–Crippen MR) is 132 cm³/mol. The smallest absolute Gasteiger partial charge is 0.305 e. The molecule has 0 bridgehead atoms. The highest BCUT2D eigenvalue weighted by Crippen LogP contribution is 2.29. The van der Waals surface area contributed by atoms with Crippen LogP contribution in [0.2, 0.25) is 5.15 Å². The van der Waals surface area contributed by atoms with E-state index in [4.69, 9.17) is 11.6 Å². The molecule has 37 heavy (non-hydrogen) atoms. The first-order valence-corrected chi connectivity index (χ1v) is 12.6. The molecule has 2 aliphatic rings. The van der Waals surface area contributed by atoms with Crippen molar-refractivity contribution < 1.29 is 28.7 Å². The summed E-state index contributed by atoms with van der Waals surface area (Å²) >= 11 is 5.84. The number of carboxylic acids is 1. The van der Waals surface area contributed by atoms with Gasteiger partial charge in [0.1, 0.15) is 11.0 Å². The summed E-state index contributed by atoms with van der Waals surface area (Å²) in [6.45, 7) is 0.0842. The quantitative estimate of drug-likeness (QED) is 0.530. The fourth-order valence-corrected chi connectivity index (χ4v) is 5.22. The normalized spacial score (nSPS) is 18.9. The summed E-state index contributed by atoms with van der Waals surface area (Å²) in [5.41, 5.74) is 0.214. The number of aromatic nitrogens is 1. The van der Waals surface area contributed by atoms with E-state index in [2.05, 4.69) is 10.3 Å². The lowest BCUT2D eigenvalue weighted by molar-refractivity contribution is -0.138. The van der Waals surface area contributed by atoms with Crippen LogP contribution in [0.3, 0.4) is 0 Å². The SMILES string of the molecule is O=C(O)CC(NC(=O)C1N(C(=O)c2ccc(Cl)nc2)CCN1C(=O)c1cccc(F)c1)C1CCCCC1. The Labute approximate surface area is 218 Å². The van der Waals surface area contributed by atoms with Gasteiger partial charge in [0.25, 0.3) is 17.7 Å². The molecule has 4 rings (SSSR count). The number of hydrogen-bond donors (Lipinski definition) is 2. The van der Waals surface area contributed by atoms with E-state index in [1.165, 1.54) is 46.3 Å². The largest absolute Gasteiger partial charge is 0.481 e. The Morgan fingerprint density at radius 2 is 1.70 bits per heavy atom. The summed E-state index contributed by atoms with van der Waals surface area (Å²) in [6.07, 6.45) is 4.18. The van der Waals surface area contributed by atoms with Crippen molar-refractivity contribution in [3.63, 3.8) is 0 Å². The van der Waals surface area contributed by atoms with Crippen molar-refractivity contribution in [1.29, 1.82) is 0 Å². The second-order valence-electron chi connectivity index (χ2n) is 9.36. The predicted octanol–water partition coefficient (Wildman–Crippen LogP) is 3.34. The molecule has 1 saturated carbocycles. The van der Waals surface area contributed by atoms with Crippen molar-refractivity contribution >= 4 is 35.3 Å². The van der Waals surface area contributed by atoms with Gasteiger partial charge in [0.2, 0.25) is 0 Å². The minimum absolute atomic E-state index is 0.0211. The maximum atomic E-state index is 13.8. The molecule has 2 heterocycles. The number of nitrogens with zero attached hydrogens (tertiary/aromatic N) is 3. The highest BCUT2D eigenvalue weighted by atomic mass is 35.5. The van der Waals surface area contributed by atoms with E-state index in [0.717, 1.165) is 38.2 Å². The van der Waals surface area contributed by atoms with Gasteiger partial charge >= 0.3 is 5.97 Å². The van der Waals surface area contributed by atoms with Gasteiger partial charge in [-0.3, -0.25) is 19.2 Å². The lowest BCUT2D eigenvalue weighted by Crippen LogP contribution is -2.57. The molecule has 11 heteroatoms. The zero-order valence-electron chi connectivity index (χ0n) is 20.1. The minimum atomic E-state index is -1.35. The molecule has 2 unspecified atom stereocenters. The lowest BCUT2D eigenvalue weighted by Gasteiger charge is -2.34. The summed E-state index contributed by atoms with van der Waals surface area (Å²) in [5.74, 6) is -3.48. The van der Waals surface area contributed by atoms with Crippen LogP contribution in [0.1, 0.15) is 59.2 Å². The van der Waals surface area contributed by atoms with Crippen LogP contribution in [0.5, 0.6) is 0 Å². The standard InChI is InChI=1S/C26H28ClFN4O5/c27-21-10-9-18(15-29-21)26(37)32-12-11-31(25(36)17-7-4-8-19(28)13-17)24(32)23(35)30-20(14-22(33)34)16-5-2-1-3-6-16/h4,7-10,13,15-16,20,24H,1-3,5-6,11-12,14H2,(H,30,35)(H,33,34). The van der Waals surface area contributed by atoms with Crippen molar-refractivity contribution in [3.05, 3.63) is 64.7 Å². The van der Waals surface area contributed by atoms with Crippen LogP contribution >= 0.6 is 11.6 Å². The number of rotatable bonds is 7. The summed E-state index contributed by atoms with van der Waals surface area (Å²) in [6, 6.07) is 7.37. The number of aliphatic carboxylic acids is 1. The number of nitrogens with one attached hydrogen (secondary N) is 1. The first kappa shape index (κ1) is 26.5. The minimum Gasteiger partial charge on any atom is -0.481 e. The van der Waals surface area contributed by atoms with Crippen LogP contribution in [-0.2, 0) is 9.59 Å². The molecule has 9 nitrogen and oxygen atoms in total. The molecule has 1 aliphatic carbocycles. The topological polar surface area (TPSA) is 120 Å². The zero-order valence-corrected chi connectivity index (χ0v) is 20.9. The van der Waals surface area contributed by atoms with E-state index in [1.54, 1.807) is 0 Å². The third-order valence-electron chi connectivity index (χ3n) is 6.92. The first-order chi connectivity index (χ1) is 17.7. The maximum absolute atomic E-state index is 13.8. The van der Waals surface area contributed by atoms with Crippen LogP contribution in [0.15, 0.2) is 42.6 Å². The Morgan fingerprint density at radius 3 is 2.30 bits per heavy atom. The third-order valence-corrected chi connectivity index (χ3v) is 7.14. The highest BCUT2D eigenvalue weighted by molar-refractivity contribution is 6.29. The van der Waals surface area contributed by atoms with E-state index in [9.17, 15) is 28.7 Å². The molecule has 0 spiro atoms. The van der Waals surface area contributed by atoms with Crippen LogP contribution in [0.25, 0.3) is 0 Å².